The number of nitrogens with two attached hydrogens (primary N) is 1. The Bertz CT molecular complexity index is 504. The molecule has 0 aliphatic heterocycles. The van der Waals surface area contributed by atoms with E-state index >= 15 is 0 Å². The molecule has 0 radical (unpaired) electrons. The van der Waals surface area contributed by atoms with E-state index in [-0.39, 0.29) is 23.1 Å². The number of halogens is 2. The molecule has 4 nitrogen and oxygen atoms in total. The van der Waals surface area contributed by atoms with Gasteiger partial charge >= 0.3 is 0 Å². The Labute approximate surface area is 124 Å². The van der Waals surface area contributed by atoms with E-state index in [4.69, 9.17) is 5.73 Å². The molecule has 0 saturated heterocycles. The van der Waals surface area contributed by atoms with Crippen LogP contribution in [-0.2, 0) is 0 Å². The Balaban J connectivity index is 3.01. The largest absolute Gasteiger partial charge is 0.398 e. The van der Waals surface area contributed by atoms with Crippen LogP contribution in [0.1, 0.15) is 24.2 Å². The maximum atomic E-state index is 13.4. The third kappa shape index (κ3) is 4.97. The Morgan fingerprint density at radius 1 is 1.19 bits per heavy atom. The van der Waals surface area contributed by atoms with Crippen molar-refractivity contribution in [3.63, 3.8) is 0 Å². The van der Waals surface area contributed by atoms with Gasteiger partial charge in [-0.2, -0.15) is 0 Å². The fourth-order valence-electron chi connectivity index (χ4n) is 1.96. The molecule has 0 saturated carbocycles. The number of carbonyl (C=O) groups excluding carboxylic acids is 1. The zero-order valence-electron chi connectivity index (χ0n) is 13.0. The van der Waals surface area contributed by atoms with Crippen molar-refractivity contribution in [1.82, 2.24) is 9.80 Å². The van der Waals surface area contributed by atoms with Crippen molar-refractivity contribution < 1.29 is 13.6 Å². The van der Waals surface area contributed by atoms with Crippen LogP contribution in [0.4, 0.5) is 14.5 Å². The smallest absolute Gasteiger partial charge is 0.256 e. The molecule has 21 heavy (non-hydrogen) atoms. The lowest BCUT2D eigenvalue weighted by molar-refractivity contribution is 0.0725. The van der Waals surface area contributed by atoms with Crippen LogP contribution < -0.4 is 5.73 Å². The van der Waals surface area contributed by atoms with Crippen molar-refractivity contribution in [2.45, 2.75) is 13.8 Å². The second-order valence-corrected chi connectivity index (χ2v) is 5.80. The molecule has 1 rings (SSSR count). The van der Waals surface area contributed by atoms with Crippen LogP contribution in [-0.4, -0.2) is 49.4 Å². The highest BCUT2D eigenvalue weighted by atomic mass is 19.2. The number of benzene rings is 1. The second kappa shape index (κ2) is 7.36. The molecule has 1 aromatic carbocycles. The van der Waals surface area contributed by atoms with Gasteiger partial charge in [-0.05, 0) is 26.1 Å². The first-order valence-electron chi connectivity index (χ1n) is 6.91. The van der Waals surface area contributed by atoms with Gasteiger partial charge in [0.15, 0.2) is 11.6 Å². The van der Waals surface area contributed by atoms with Crippen molar-refractivity contribution >= 4 is 11.6 Å². The summed E-state index contributed by atoms with van der Waals surface area (Å²) in [5.74, 6) is -2.22. The second-order valence-electron chi connectivity index (χ2n) is 5.80. The number of hydrogen-bond donors (Lipinski definition) is 1. The van der Waals surface area contributed by atoms with E-state index in [9.17, 15) is 13.6 Å². The van der Waals surface area contributed by atoms with Crippen molar-refractivity contribution in [1.29, 1.82) is 0 Å². The lowest BCUT2D eigenvalue weighted by atomic mass is 10.1. The van der Waals surface area contributed by atoms with E-state index in [0.717, 1.165) is 12.1 Å². The minimum absolute atomic E-state index is 0.00769. The topological polar surface area (TPSA) is 49.6 Å². The first-order valence-corrected chi connectivity index (χ1v) is 6.91. The first kappa shape index (κ1) is 17.4. The van der Waals surface area contributed by atoms with E-state index in [1.807, 2.05) is 32.8 Å². The summed E-state index contributed by atoms with van der Waals surface area (Å²) < 4.78 is 26.5. The molecule has 0 heterocycles. The molecule has 2 N–H and O–H groups in total. The Hall–Kier alpha value is -1.69. The molecule has 0 aliphatic carbocycles. The van der Waals surface area contributed by atoms with Crippen molar-refractivity contribution in [2.75, 3.05) is 39.5 Å². The van der Waals surface area contributed by atoms with E-state index < -0.39 is 11.6 Å². The third-order valence-corrected chi connectivity index (χ3v) is 3.01. The Kier molecular flexibility index (Phi) is 6.08. The average Bonchev–Trinajstić information content (AvgIpc) is 2.37. The molecular formula is C15H23F2N3O. The summed E-state index contributed by atoms with van der Waals surface area (Å²) in [5.41, 5.74) is 5.61. The monoisotopic (exact) mass is 299 g/mol. The Morgan fingerprint density at radius 2 is 1.76 bits per heavy atom. The van der Waals surface area contributed by atoms with Gasteiger partial charge in [-0.1, -0.05) is 13.8 Å². The number of carbonyl (C=O) groups is 1. The number of anilines is 1. The van der Waals surface area contributed by atoms with Gasteiger partial charge in [0.1, 0.15) is 0 Å². The molecule has 0 aliphatic rings. The zero-order chi connectivity index (χ0) is 16.2. The van der Waals surface area contributed by atoms with Crippen LogP contribution in [0.5, 0.6) is 0 Å². The van der Waals surface area contributed by atoms with Gasteiger partial charge in [-0.3, -0.25) is 4.79 Å². The summed E-state index contributed by atoms with van der Waals surface area (Å²) >= 11 is 0. The van der Waals surface area contributed by atoms with Gasteiger partial charge < -0.3 is 15.5 Å². The minimum Gasteiger partial charge on any atom is -0.398 e. The van der Waals surface area contributed by atoms with Crippen molar-refractivity contribution in [2.24, 2.45) is 5.92 Å². The molecule has 0 atom stereocenters. The summed E-state index contributed by atoms with van der Waals surface area (Å²) in [5, 5.41) is 0. The molecule has 0 bridgehead atoms. The average molecular weight is 299 g/mol. The van der Waals surface area contributed by atoms with Crippen LogP contribution in [0, 0.1) is 17.6 Å². The Morgan fingerprint density at radius 3 is 2.29 bits per heavy atom. The molecule has 1 amide bonds. The molecule has 118 valence electrons. The third-order valence-electron chi connectivity index (χ3n) is 3.01. The summed E-state index contributed by atoms with van der Waals surface area (Å²) in [6.45, 7) is 5.70. The van der Waals surface area contributed by atoms with Gasteiger partial charge in [-0.25, -0.2) is 8.78 Å². The number of amides is 1. The van der Waals surface area contributed by atoms with Gasteiger partial charge in [0.2, 0.25) is 0 Å². The predicted molar refractivity (Wildman–Crippen MR) is 80.1 cm³/mol. The molecule has 1 aromatic rings. The maximum Gasteiger partial charge on any atom is 0.256 e. The quantitative estimate of drug-likeness (QED) is 0.819. The van der Waals surface area contributed by atoms with E-state index in [1.54, 1.807) is 4.90 Å². The minimum atomic E-state index is -1.07. The fourth-order valence-corrected chi connectivity index (χ4v) is 1.96. The van der Waals surface area contributed by atoms with Crippen molar-refractivity contribution in [3.05, 3.63) is 29.3 Å². The number of nitrogen functional groups attached to an aromatic ring is 1. The van der Waals surface area contributed by atoms with Gasteiger partial charge in [0.05, 0.1) is 5.56 Å². The molecule has 0 fully saturated rings. The zero-order valence-corrected chi connectivity index (χ0v) is 13.0. The van der Waals surface area contributed by atoms with E-state index in [2.05, 4.69) is 0 Å². The normalized spacial score (nSPS) is 11.2. The number of nitrogens with zero attached hydrogens (tertiary/aromatic N) is 2. The highest BCUT2D eigenvalue weighted by molar-refractivity contribution is 5.99. The summed E-state index contributed by atoms with van der Waals surface area (Å²) in [7, 11) is 3.81. The van der Waals surface area contributed by atoms with Gasteiger partial charge in [0, 0.05) is 31.4 Å². The van der Waals surface area contributed by atoms with Crippen molar-refractivity contribution in [3.8, 4) is 0 Å². The van der Waals surface area contributed by atoms with Crippen LogP contribution in [0.25, 0.3) is 0 Å². The standard InChI is InChI=1S/C15H23F2N3O/c1-10(2)9-20(6-5-19(3)4)15(21)11-7-12(16)13(17)8-14(11)18/h7-8,10H,5-6,9,18H2,1-4H3. The number of likely N-dealkylation sites (N-methyl/N-ethyl adjacent to an activating group) is 1. The highest BCUT2D eigenvalue weighted by Gasteiger charge is 2.21. The fraction of sp³-hybridized carbons (Fsp3) is 0.533. The van der Waals surface area contributed by atoms with Gasteiger partial charge in [-0.15, -0.1) is 0 Å². The number of rotatable bonds is 6. The van der Waals surface area contributed by atoms with E-state index in [1.165, 1.54) is 0 Å². The SMILES string of the molecule is CC(C)CN(CCN(C)C)C(=O)c1cc(F)c(F)cc1N. The van der Waals surface area contributed by atoms with Gasteiger partial charge in [0.25, 0.3) is 5.91 Å². The summed E-state index contributed by atoms with van der Waals surface area (Å²) in [4.78, 5) is 16.1. The summed E-state index contributed by atoms with van der Waals surface area (Å²) in [6, 6.07) is 1.72. The van der Waals surface area contributed by atoms with E-state index in [0.29, 0.717) is 19.6 Å². The number of hydrogen-bond acceptors (Lipinski definition) is 3. The van der Waals surface area contributed by atoms with Crippen LogP contribution >= 0.6 is 0 Å². The lowest BCUT2D eigenvalue weighted by Crippen LogP contribution is -2.39. The molecular weight excluding hydrogens is 276 g/mol. The van der Waals surface area contributed by atoms with Crippen LogP contribution in [0.3, 0.4) is 0 Å². The first-order chi connectivity index (χ1) is 9.72. The molecule has 0 unspecified atom stereocenters. The maximum absolute atomic E-state index is 13.4. The summed E-state index contributed by atoms with van der Waals surface area (Å²) in [6.07, 6.45) is 0. The lowest BCUT2D eigenvalue weighted by Gasteiger charge is -2.26. The molecule has 0 spiro atoms. The van der Waals surface area contributed by atoms with Crippen LogP contribution in [0.15, 0.2) is 12.1 Å². The molecule has 6 heteroatoms. The predicted octanol–water partition coefficient (Wildman–Crippen LogP) is 2.21. The highest BCUT2D eigenvalue weighted by Crippen LogP contribution is 2.19. The van der Waals surface area contributed by atoms with Crippen LogP contribution in [0.2, 0.25) is 0 Å². The molecule has 0 aromatic heterocycles.